The van der Waals surface area contributed by atoms with E-state index in [9.17, 15) is 4.79 Å². The van der Waals surface area contributed by atoms with Crippen LogP contribution in [0, 0.1) is 5.92 Å². The van der Waals surface area contributed by atoms with Crippen molar-refractivity contribution in [3.63, 3.8) is 0 Å². The normalized spacial score (nSPS) is 15.4. The summed E-state index contributed by atoms with van der Waals surface area (Å²) in [6.07, 6.45) is 3.46. The summed E-state index contributed by atoms with van der Waals surface area (Å²) < 4.78 is 0. The van der Waals surface area contributed by atoms with Crippen LogP contribution in [0.5, 0.6) is 0 Å². The number of carbonyl (C=O) groups is 1. The van der Waals surface area contributed by atoms with Gasteiger partial charge in [-0.05, 0) is 31.2 Å². The fourth-order valence-corrected chi connectivity index (χ4v) is 3.68. The summed E-state index contributed by atoms with van der Waals surface area (Å²) >= 11 is 1.61. The summed E-state index contributed by atoms with van der Waals surface area (Å²) in [5.74, 6) is 0.543. The predicted octanol–water partition coefficient (Wildman–Crippen LogP) is 3.36. The molecule has 3 rings (SSSR count). The Balaban J connectivity index is 0.00000156. The van der Waals surface area contributed by atoms with Gasteiger partial charge in [0, 0.05) is 18.3 Å². The number of aromatic nitrogens is 1. The zero-order chi connectivity index (χ0) is 16.3. The maximum absolute atomic E-state index is 12.3. The van der Waals surface area contributed by atoms with Gasteiger partial charge in [-0.25, -0.2) is 4.98 Å². The average Bonchev–Trinajstić information content (AvgIpc) is 3.32. The van der Waals surface area contributed by atoms with Gasteiger partial charge in [0.05, 0.1) is 22.7 Å². The van der Waals surface area contributed by atoms with Crippen LogP contribution in [0.15, 0.2) is 35.7 Å². The highest BCUT2D eigenvalue weighted by Gasteiger charge is 2.41. The van der Waals surface area contributed by atoms with E-state index in [4.69, 9.17) is 5.73 Å². The van der Waals surface area contributed by atoms with Crippen LogP contribution in [-0.2, 0) is 17.6 Å². The molecule has 0 saturated heterocycles. The third-order valence-electron chi connectivity index (χ3n) is 4.47. The van der Waals surface area contributed by atoms with Crippen LogP contribution in [0.4, 0.5) is 0 Å². The molecule has 0 aliphatic heterocycles. The van der Waals surface area contributed by atoms with Gasteiger partial charge >= 0.3 is 0 Å². The van der Waals surface area contributed by atoms with Crippen LogP contribution in [0.3, 0.4) is 0 Å². The molecule has 1 aromatic carbocycles. The number of hydrogen-bond donors (Lipinski definition) is 2. The summed E-state index contributed by atoms with van der Waals surface area (Å²) in [6, 6.07) is 10.3. The number of hydrogen-bond acceptors (Lipinski definition) is 4. The minimum atomic E-state index is -0.264. The summed E-state index contributed by atoms with van der Waals surface area (Å²) in [5, 5.41) is 6.14. The fraction of sp³-hybridized carbons (Fsp3) is 0.444. The molecule has 1 saturated carbocycles. The van der Waals surface area contributed by atoms with Gasteiger partial charge in [0.1, 0.15) is 0 Å². The van der Waals surface area contributed by atoms with Gasteiger partial charge in [-0.15, -0.1) is 36.2 Å². The number of amides is 1. The smallest absolute Gasteiger partial charge is 0.226 e. The van der Waals surface area contributed by atoms with Crippen molar-refractivity contribution in [1.82, 2.24) is 10.3 Å². The third kappa shape index (κ3) is 5.96. The molecule has 25 heavy (non-hydrogen) atoms. The second kappa shape index (κ2) is 9.53. The lowest BCUT2D eigenvalue weighted by molar-refractivity contribution is -0.122. The number of thiazole rings is 1. The lowest BCUT2D eigenvalue weighted by atomic mass is 9.95. The molecule has 1 amide bonds. The molecule has 1 aromatic heterocycles. The lowest BCUT2D eigenvalue weighted by Gasteiger charge is -2.29. The number of benzene rings is 1. The van der Waals surface area contributed by atoms with Crippen LogP contribution in [-0.4, -0.2) is 23.0 Å². The second-order valence-electron chi connectivity index (χ2n) is 6.52. The van der Waals surface area contributed by atoms with E-state index in [-0.39, 0.29) is 36.3 Å². The first-order valence-corrected chi connectivity index (χ1v) is 8.95. The molecular weight excluding hydrogens is 377 g/mol. The van der Waals surface area contributed by atoms with Gasteiger partial charge in [-0.1, -0.05) is 30.3 Å². The Labute approximate surface area is 165 Å². The van der Waals surface area contributed by atoms with Crippen molar-refractivity contribution in [3.05, 3.63) is 52.0 Å². The molecule has 1 aliphatic carbocycles. The van der Waals surface area contributed by atoms with Crippen LogP contribution in [0.1, 0.15) is 36.0 Å². The van der Waals surface area contributed by atoms with Gasteiger partial charge in [-0.3, -0.25) is 4.79 Å². The molecule has 0 bridgehead atoms. The highest BCUT2D eigenvalue weighted by molar-refractivity contribution is 7.09. The molecule has 2 aromatic rings. The van der Waals surface area contributed by atoms with Crippen molar-refractivity contribution >= 4 is 42.1 Å². The Hall–Kier alpha value is -1.14. The maximum Gasteiger partial charge on any atom is 0.226 e. The molecule has 1 aliphatic rings. The molecule has 1 unspecified atom stereocenters. The summed E-state index contributed by atoms with van der Waals surface area (Å²) in [4.78, 5) is 16.9. The van der Waals surface area contributed by atoms with Gasteiger partial charge in [0.2, 0.25) is 5.91 Å². The van der Waals surface area contributed by atoms with Crippen LogP contribution >= 0.6 is 36.2 Å². The lowest BCUT2D eigenvalue weighted by Crippen LogP contribution is -2.53. The van der Waals surface area contributed by atoms with Gasteiger partial charge in [-0.2, -0.15) is 0 Å². The molecule has 7 heteroatoms. The van der Waals surface area contributed by atoms with Gasteiger partial charge in [0.25, 0.3) is 0 Å². The minimum Gasteiger partial charge on any atom is -0.349 e. The zero-order valence-corrected chi connectivity index (χ0v) is 16.7. The van der Waals surface area contributed by atoms with Crippen LogP contribution < -0.4 is 11.1 Å². The number of carbonyl (C=O) groups excluding carboxylic acids is 1. The molecule has 138 valence electrons. The number of halogens is 2. The maximum atomic E-state index is 12.3. The first-order valence-electron chi connectivity index (χ1n) is 8.07. The molecule has 4 nitrogen and oxygen atoms in total. The monoisotopic (exact) mass is 401 g/mol. The highest BCUT2D eigenvalue weighted by atomic mass is 35.5. The summed E-state index contributed by atoms with van der Waals surface area (Å²) in [7, 11) is 0. The van der Waals surface area contributed by atoms with E-state index < -0.39 is 0 Å². The largest absolute Gasteiger partial charge is 0.349 e. The van der Waals surface area contributed by atoms with Gasteiger partial charge in [0.15, 0.2) is 0 Å². The van der Waals surface area contributed by atoms with Crippen molar-refractivity contribution in [2.75, 3.05) is 6.54 Å². The van der Waals surface area contributed by atoms with Crippen molar-refractivity contribution in [2.45, 2.75) is 38.1 Å². The summed E-state index contributed by atoms with van der Waals surface area (Å²) in [6.45, 7) is 2.53. The van der Waals surface area contributed by atoms with E-state index in [1.54, 1.807) is 11.3 Å². The third-order valence-corrected chi connectivity index (χ3v) is 5.36. The number of nitrogens with two attached hydrogens (primary N) is 1. The molecule has 1 heterocycles. The Morgan fingerprint density at radius 1 is 1.32 bits per heavy atom. The van der Waals surface area contributed by atoms with Crippen molar-refractivity contribution in [2.24, 2.45) is 11.7 Å². The number of rotatable bonds is 7. The minimum absolute atomic E-state index is 0. The highest BCUT2D eigenvalue weighted by Crippen LogP contribution is 2.38. The average molecular weight is 402 g/mol. The van der Waals surface area contributed by atoms with Crippen LogP contribution in [0.2, 0.25) is 0 Å². The van der Waals surface area contributed by atoms with Gasteiger partial charge < -0.3 is 11.1 Å². The van der Waals surface area contributed by atoms with E-state index in [0.29, 0.717) is 18.9 Å². The Morgan fingerprint density at radius 3 is 2.60 bits per heavy atom. The molecule has 3 N–H and O–H groups in total. The molecule has 0 spiro atoms. The molecular formula is C18H25Cl2N3OS. The SMILES string of the molecule is CC(CN)(NC(=O)Cc1csc(Cc2ccccc2)n1)C1CC1.Cl.Cl. The van der Waals surface area contributed by atoms with E-state index in [2.05, 4.69) is 22.4 Å². The van der Waals surface area contributed by atoms with E-state index in [1.807, 2.05) is 30.5 Å². The van der Waals surface area contributed by atoms with E-state index >= 15 is 0 Å². The standard InChI is InChI=1S/C18H23N3OS.2ClH/c1-18(12-19,14-7-8-14)21-16(22)10-15-11-23-17(20-15)9-13-5-3-2-4-6-13;;/h2-6,11,14H,7-10,12,19H2,1H3,(H,21,22);2*1H. The fourth-order valence-electron chi connectivity index (χ4n) is 2.85. The Kier molecular flexibility index (Phi) is 8.35. The van der Waals surface area contributed by atoms with Crippen molar-refractivity contribution in [3.8, 4) is 0 Å². The Bertz CT molecular complexity index is 676. The first-order chi connectivity index (χ1) is 11.1. The summed E-state index contributed by atoms with van der Waals surface area (Å²) in [5.41, 5.74) is 7.67. The topological polar surface area (TPSA) is 68.0 Å². The zero-order valence-electron chi connectivity index (χ0n) is 14.2. The molecule has 1 fully saturated rings. The number of nitrogens with zero attached hydrogens (tertiary/aromatic N) is 1. The quantitative estimate of drug-likeness (QED) is 0.746. The van der Waals surface area contributed by atoms with E-state index in [1.165, 1.54) is 5.56 Å². The second-order valence-corrected chi connectivity index (χ2v) is 7.46. The van der Waals surface area contributed by atoms with Crippen molar-refractivity contribution < 1.29 is 4.79 Å². The predicted molar refractivity (Wildman–Crippen MR) is 108 cm³/mol. The first kappa shape index (κ1) is 21.9. The van der Waals surface area contributed by atoms with Crippen LogP contribution in [0.25, 0.3) is 0 Å². The molecule has 1 atom stereocenters. The Morgan fingerprint density at radius 2 is 2.00 bits per heavy atom. The number of nitrogens with one attached hydrogen (secondary N) is 1. The van der Waals surface area contributed by atoms with E-state index in [0.717, 1.165) is 30.0 Å². The van der Waals surface area contributed by atoms with Crippen molar-refractivity contribution in [1.29, 1.82) is 0 Å². The molecule has 0 radical (unpaired) electrons.